The van der Waals surface area contributed by atoms with Crippen molar-refractivity contribution in [1.29, 1.82) is 0 Å². The molecule has 140 valence electrons. The van der Waals surface area contributed by atoms with Crippen LogP contribution in [-0.2, 0) is 23.2 Å². The molecule has 4 rings (SSSR count). The third-order valence-electron chi connectivity index (χ3n) is 5.84. The number of ether oxygens (including phenoxy) is 1. The topological polar surface area (TPSA) is 12.5 Å². The maximum atomic E-state index is 13.2. The van der Waals surface area contributed by atoms with Gasteiger partial charge >= 0.3 is 0 Å². The first kappa shape index (κ1) is 17.7. The van der Waals surface area contributed by atoms with Crippen molar-refractivity contribution in [3.63, 3.8) is 0 Å². The van der Waals surface area contributed by atoms with Gasteiger partial charge in [0.2, 0.25) is 6.43 Å². The quantitative estimate of drug-likeness (QED) is 0.718. The minimum atomic E-state index is -2.48. The summed E-state index contributed by atoms with van der Waals surface area (Å²) in [6, 6.07) is 2.06. The molecule has 1 aromatic rings. The highest BCUT2D eigenvalue weighted by molar-refractivity contribution is 7.12. The molecule has 1 spiro atoms. The van der Waals surface area contributed by atoms with Crippen LogP contribution in [0.4, 0.5) is 17.6 Å². The zero-order valence-corrected chi connectivity index (χ0v) is 15.1. The van der Waals surface area contributed by atoms with Crippen LogP contribution in [0.3, 0.4) is 0 Å². The predicted octanol–water partition coefficient (Wildman–Crippen LogP) is 4.46. The summed E-state index contributed by atoms with van der Waals surface area (Å²) in [6.45, 7) is 3.82. The fraction of sp³-hybridized carbons (Fsp3) is 0.778. The Balaban J connectivity index is 1.49. The van der Waals surface area contributed by atoms with E-state index >= 15 is 0 Å². The van der Waals surface area contributed by atoms with E-state index in [1.54, 1.807) is 0 Å². The number of nitrogens with zero attached hydrogens (tertiary/aromatic N) is 1. The van der Waals surface area contributed by atoms with Gasteiger partial charge in [0.25, 0.3) is 5.92 Å². The Bertz CT molecular complexity index is 649. The van der Waals surface area contributed by atoms with E-state index in [2.05, 4.69) is 11.8 Å². The van der Waals surface area contributed by atoms with Gasteiger partial charge in [-0.25, -0.2) is 17.6 Å². The summed E-state index contributed by atoms with van der Waals surface area (Å²) in [4.78, 5) is 3.96. The number of thiophene rings is 1. The summed E-state index contributed by atoms with van der Waals surface area (Å²) in [6.07, 6.45) is -0.276. The van der Waals surface area contributed by atoms with Crippen LogP contribution in [0, 0.1) is 5.92 Å². The molecule has 1 unspecified atom stereocenters. The van der Waals surface area contributed by atoms with Crippen molar-refractivity contribution >= 4 is 11.3 Å². The van der Waals surface area contributed by atoms with E-state index in [9.17, 15) is 17.6 Å². The number of hydrogen-bond donors (Lipinski definition) is 0. The van der Waals surface area contributed by atoms with Crippen LogP contribution in [0.25, 0.3) is 0 Å². The van der Waals surface area contributed by atoms with E-state index in [0.29, 0.717) is 13.2 Å². The largest absolute Gasteiger partial charge is 0.369 e. The van der Waals surface area contributed by atoms with Crippen molar-refractivity contribution in [2.45, 2.75) is 63.0 Å². The van der Waals surface area contributed by atoms with Gasteiger partial charge in [-0.1, -0.05) is 0 Å². The number of piperidine rings is 1. The third kappa shape index (κ3) is 3.35. The third-order valence-corrected chi connectivity index (χ3v) is 7.23. The molecular formula is C18H23F4NOS. The lowest BCUT2D eigenvalue weighted by atomic mass is 9.82. The van der Waals surface area contributed by atoms with Gasteiger partial charge in [-0.15, -0.1) is 11.3 Å². The molecule has 7 heteroatoms. The maximum Gasteiger partial charge on any atom is 0.252 e. The van der Waals surface area contributed by atoms with Crippen LogP contribution in [0.15, 0.2) is 6.07 Å². The van der Waals surface area contributed by atoms with Crippen molar-refractivity contribution in [3.8, 4) is 0 Å². The lowest BCUT2D eigenvalue weighted by Crippen LogP contribution is -2.51. The van der Waals surface area contributed by atoms with E-state index in [-0.39, 0.29) is 18.9 Å². The Hall–Kier alpha value is -0.660. The van der Waals surface area contributed by atoms with Crippen molar-refractivity contribution in [2.24, 2.45) is 5.92 Å². The minimum Gasteiger partial charge on any atom is -0.369 e. The van der Waals surface area contributed by atoms with E-state index in [0.717, 1.165) is 41.1 Å². The van der Waals surface area contributed by atoms with Crippen LogP contribution >= 0.6 is 11.3 Å². The van der Waals surface area contributed by atoms with E-state index in [1.807, 2.05) is 6.07 Å². The summed E-state index contributed by atoms with van der Waals surface area (Å²) in [5, 5.41) is 0. The molecule has 1 saturated carbocycles. The lowest BCUT2D eigenvalue weighted by Gasteiger charge is -2.47. The van der Waals surface area contributed by atoms with Gasteiger partial charge in [-0.2, -0.15) is 0 Å². The van der Waals surface area contributed by atoms with Crippen LogP contribution in [0.5, 0.6) is 0 Å². The molecule has 0 amide bonds. The Morgan fingerprint density at radius 1 is 1.36 bits per heavy atom. The minimum absolute atomic E-state index is 0.00389. The highest BCUT2D eigenvalue weighted by atomic mass is 32.1. The number of rotatable bonds is 4. The molecular weight excluding hydrogens is 354 g/mol. The SMILES string of the molecule is C[C@H]1C[C@@]2(CCN1CC1CC1(F)F)OCCc1cc(CC(F)F)sc12. The zero-order valence-electron chi connectivity index (χ0n) is 14.2. The van der Waals surface area contributed by atoms with Crippen LogP contribution in [-0.4, -0.2) is 43.0 Å². The molecule has 25 heavy (non-hydrogen) atoms. The number of fused-ring (bicyclic) bond motifs is 2. The summed E-state index contributed by atoms with van der Waals surface area (Å²) < 4.78 is 58.1. The van der Waals surface area contributed by atoms with Gasteiger partial charge in [0, 0.05) is 47.6 Å². The molecule has 3 atom stereocenters. The van der Waals surface area contributed by atoms with Crippen LogP contribution < -0.4 is 0 Å². The molecule has 3 aliphatic rings. The van der Waals surface area contributed by atoms with Gasteiger partial charge in [0.05, 0.1) is 6.61 Å². The summed E-state index contributed by atoms with van der Waals surface area (Å²) in [5.41, 5.74) is 0.724. The number of hydrogen-bond acceptors (Lipinski definition) is 3. The lowest BCUT2D eigenvalue weighted by molar-refractivity contribution is -0.110. The highest BCUT2D eigenvalue weighted by Gasteiger charge is 2.58. The summed E-state index contributed by atoms with van der Waals surface area (Å²) in [7, 11) is 0. The maximum absolute atomic E-state index is 13.2. The van der Waals surface area contributed by atoms with Gasteiger partial charge in [0.1, 0.15) is 5.60 Å². The molecule has 1 saturated heterocycles. The molecule has 1 aromatic heterocycles. The molecule has 1 aliphatic carbocycles. The van der Waals surface area contributed by atoms with Crippen molar-refractivity contribution in [2.75, 3.05) is 19.7 Å². The van der Waals surface area contributed by atoms with Gasteiger partial charge in [0.15, 0.2) is 0 Å². The van der Waals surface area contributed by atoms with Crippen LogP contribution in [0.1, 0.15) is 41.5 Å². The molecule has 0 N–H and O–H groups in total. The number of likely N-dealkylation sites (tertiary alicyclic amines) is 1. The Kier molecular flexibility index (Phi) is 4.40. The van der Waals surface area contributed by atoms with E-state index in [1.165, 1.54) is 11.3 Å². The van der Waals surface area contributed by atoms with Crippen LogP contribution in [0.2, 0.25) is 0 Å². The van der Waals surface area contributed by atoms with Crippen molar-refractivity contribution in [3.05, 3.63) is 21.4 Å². The summed E-state index contributed by atoms with van der Waals surface area (Å²) in [5.74, 6) is -2.99. The Labute approximate surface area is 149 Å². The number of halogens is 4. The molecule has 0 aromatic carbocycles. The molecule has 2 nitrogen and oxygen atoms in total. The monoisotopic (exact) mass is 377 g/mol. The van der Waals surface area contributed by atoms with Gasteiger partial charge in [-0.05, 0) is 37.8 Å². The number of alkyl halides is 4. The average Bonchev–Trinajstić information content (AvgIpc) is 2.91. The smallest absolute Gasteiger partial charge is 0.252 e. The second kappa shape index (κ2) is 6.20. The fourth-order valence-corrected chi connectivity index (χ4v) is 5.74. The second-order valence-corrected chi connectivity index (χ2v) is 8.85. The molecule has 2 aliphatic heterocycles. The van der Waals surface area contributed by atoms with Crippen molar-refractivity contribution in [1.82, 2.24) is 4.90 Å². The normalized spacial score (nSPS) is 34.5. The van der Waals surface area contributed by atoms with Crippen molar-refractivity contribution < 1.29 is 22.3 Å². The zero-order chi connectivity index (χ0) is 17.8. The summed E-state index contributed by atoms with van der Waals surface area (Å²) >= 11 is 1.45. The highest BCUT2D eigenvalue weighted by Crippen LogP contribution is 2.51. The molecule has 0 radical (unpaired) electrons. The van der Waals surface area contributed by atoms with E-state index < -0.39 is 23.9 Å². The van der Waals surface area contributed by atoms with Gasteiger partial charge in [-0.3, -0.25) is 4.90 Å². The molecule has 2 fully saturated rings. The van der Waals surface area contributed by atoms with E-state index in [4.69, 9.17) is 4.74 Å². The standard InChI is InChI=1S/C18H23F4NOS/c1-11-8-17(3-4-23(11)10-13-9-18(13,21)22)16-12(2-5-24-17)6-14(25-16)7-15(19)20/h6,11,13,15H,2-5,7-10H2,1H3/t11-,13?,17+/m0/s1. The first-order chi connectivity index (χ1) is 11.8. The Morgan fingerprint density at radius 3 is 2.76 bits per heavy atom. The predicted molar refractivity (Wildman–Crippen MR) is 88.7 cm³/mol. The average molecular weight is 377 g/mol. The molecule has 0 bridgehead atoms. The van der Waals surface area contributed by atoms with Gasteiger partial charge < -0.3 is 4.74 Å². The second-order valence-electron chi connectivity index (χ2n) is 7.72. The Morgan fingerprint density at radius 2 is 2.12 bits per heavy atom. The first-order valence-electron chi connectivity index (χ1n) is 8.95. The molecule has 3 heterocycles. The fourth-order valence-electron chi connectivity index (χ4n) is 4.34. The first-order valence-corrected chi connectivity index (χ1v) is 9.77.